The molecule has 122 valence electrons. The van der Waals surface area contributed by atoms with E-state index in [9.17, 15) is 17.8 Å². The molecule has 0 radical (unpaired) electrons. The van der Waals surface area contributed by atoms with Gasteiger partial charge < -0.3 is 5.32 Å². The molecule has 0 bridgehead atoms. The number of fused-ring (bicyclic) bond motifs is 1. The molecule has 3 aromatic carbocycles. The second kappa shape index (κ2) is 6.07. The van der Waals surface area contributed by atoms with E-state index in [1.807, 2.05) is 19.1 Å². The Morgan fingerprint density at radius 3 is 2.21 bits per heavy atom. The number of amides is 1. The van der Waals surface area contributed by atoms with Crippen LogP contribution in [0.2, 0.25) is 0 Å². The molecule has 1 amide bonds. The van der Waals surface area contributed by atoms with Crippen molar-refractivity contribution >= 4 is 32.5 Å². The van der Waals surface area contributed by atoms with Gasteiger partial charge in [-0.25, -0.2) is 0 Å². The summed E-state index contributed by atoms with van der Waals surface area (Å²) in [5.41, 5.74) is 1.86. The van der Waals surface area contributed by atoms with Crippen molar-refractivity contribution < 1.29 is 17.8 Å². The fourth-order valence-corrected chi connectivity index (χ4v) is 3.32. The average Bonchev–Trinajstić information content (AvgIpc) is 2.54. The Morgan fingerprint density at radius 2 is 1.54 bits per heavy atom. The van der Waals surface area contributed by atoms with Crippen LogP contribution in [0.4, 0.5) is 5.69 Å². The lowest BCUT2D eigenvalue weighted by Crippen LogP contribution is -2.13. The minimum Gasteiger partial charge on any atom is -0.321 e. The summed E-state index contributed by atoms with van der Waals surface area (Å²) in [5, 5.41) is 3.69. The maximum absolute atomic E-state index is 12.5. The molecule has 3 rings (SSSR count). The highest BCUT2D eigenvalue weighted by molar-refractivity contribution is 7.86. The number of anilines is 1. The third-order valence-electron chi connectivity index (χ3n) is 3.80. The molecule has 0 aliphatic heterocycles. The number of aryl methyl sites for hydroxylation is 1. The van der Waals surface area contributed by atoms with Crippen LogP contribution < -0.4 is 5.32 Å². The number of rotatable bonds is 3. The molecule has 5 nitrogen and oxygen atoms in total. The van der Waals surface area contributed by atoms with Crippen LogP contribution in [0.5, 0.6) is 0 Å². The van der Waals surface area contributed by atoms with Gasteiger partial charge in [-0.2, -0.15) is 8.42 Å². The van der Waals surface area contributed by atoms with Crippen molar-refractivity contribution in [2.75, 3.05) is 5.32 Å². The lowest BCUT2D eigenvalue weighted by atomic mass is 10.1. The number of benzene rings is 3. The first kappa shape index (κ1) is 16.2. The normalized spacial score (nSPS) is 11.4. The van der Waals surface area contributed by atoms with E-state index in [1.54, 1.807) is 36.4 Å². The first-order chi connectivity index (χ1) is 11.4. The van der Waals surface area contributed by atoms with Gasteiger partial charge in [-0.15, -0.1) is 0 Å². The van der Waals surface area contributed by atoms with Gasteiger partial charge in [0.15, 0.2) is 0 Å². The molecular weight excluding hydrogens is 326 g/mol. The average molecular weight is 341 g/mol. The maximum Gasteiger partial charge on any atom is 0.295 e. The Hall–Kier alpha value is -2.70. The largest absolute Gasteiger partial charge is 0.321 e. The Kier molecular flexibility index (Phi) is 4.09. The van der Waals surface area contributed by atoms with E-state index in [4.69, 9.17) is 0 Å². The van der Waals surface area contributed by atoms with Gasteiger partial charge >= 0.3 is 0 Å². The summed E-state index contributed by atoms with van der Waals surface area (Å²) in [6.07, 6.45) is 0. The van der Waals surface area contributed by atoms with Crippen molar-refractivity contribution in [3.63, 3.8) is 0 Å². The number of carbonyl (C=O) groups excluding carboxylic acids is 1. The third kappa shape index (κ3) is 3.02. The van der Waals surface area contributed by atoms with Crippen molar-refractivity contribution in [2.24, 2.45) is 0 Å². The topological polar surface area (TPSA) is 83.5 Å². The predicted molar refractivity (Wildman–Crippen MR) is 92.9 cm³/mol. The molecule has 0 unspecified atom stereocenters. The van der Waals surface area contributed by atoms with Crippen LogP contribution in [-0.4, -0.2) is 18.9 Å². The van der Waals surface area contributed by atoms with Gasteiger partial charge in [-0.1, -0.05) is 42.5 Å². The van der Waals surface area contributed by atoms with E-state index in [0.717, 1.165) is 5.56 Å². The van der Waals surface area contributed by atoms with Gasteiger partial charge in [0, 0.05) is 22.0 Å². The standard InChI is InChI=1S/C18H15NO4S/c1-12-6-2-3-7-13(12)18(20)19-16-10-11-17(24(21,22)23)15-9-5-4-8-14(15)16/h2-11H,1H3,(H,19,20)(H,21,22,23). The molecule has 0 spiro atoms. The number of hydrogen-bond acceptors (Lipinski definition) is 3. The highest BCUT2D eigenvalue weighted by Gasteiger charge is 2.17. The van der Waals surface area contributed by atoms with Crippen molar-refractivity contribution in [1.82, 2.24) is 0 Å². The Morgan fingerprint density at radius 1 is 0.917 bits per heavy atom. The number of hydrogen-bond donors (Lipinski definition) is 2. The third-order valence-corrected chi connectivity index (χ3v) is 4.71. The Bertz CT molecular complexity index is 1040. The lowest BCUT2D eigenvalue weighted by Gasteiger charge is -2.12. The summed E-state index contributed by atoms with van der Waals surface area (Å²) >= 11 is 0. The zero-order valence-corrected chi connectivity index (χ0v) is 13.7. The first-order valence-corrected chi connectivity index (χ1v) is 8.68. The Balaban J connectivity index is 2.09. The van der Waals surface area contributed by atoms with Gasteiger partial charge in [0.1, 0.15) is 4.90 Å². The Labute approximate surface area is 139 Å². The minimum absolute atomic E-state index is 0.188. The smallest absolute Gasteiger partial charge is 0.295 e. The van der Waals surface area contributed by atoms with Crippen LogP contribution in [0.25, 0.3) is 10.8 Å². The lowest BCUT2D eigenvalue weighted by molar-refractivity contribution is 0.102. The van der Waals surface area contributed by atoms with Gasteiger partial charge in [0.05, 0.1) is 0 Å². The van der Waals surface area contributed by atoms with E-state index in [-0.39, 0.29) is 10.8 Å². The quantitative estimate of drug-likeness (QED) is 0.712. The molecule has 0 aliphatic rings. The molecule has 2 N–H and O–H groups in total. The number of carbonyl (C=O) groups is 1. The second-order valence-electron chi connectivity index (χ2n) is 5.40. The highest BCUT2D eigenvalue weighted by Crippen LogP contribution is 2.29. The van der Waals surface area contributed by atoms with Crippen LogP contribution >= 0.6 is 0 Å². The molecule has 24 heavy (non-hydrogen) atoms. The number of nitrogens with one attached hydrogen (secondary N) is 1. The van der Waals surface area contributed by atoms with E-state index >= 15 is 0 Å². The van der Waals surface area contributed by atoms with Gasteiger partial charge in [-0.05, 0) is 30.7 Å². The molecule has 6 heteroatoms. The summed E-state index contributed by atoms with van der Waals surface area (Å²) in [7, 11) is -4.35. The fourth-order valence-electron chi connectivity index (χ4n) is 2.62. The molecule has 3 aromatic rings. The summed E-state index contributed by atoms with van der Waals surface area (Å²) in [6.45, 7) is 1.84. The van der Waals surface area contributed by atoms with Crippen LogP contribution in [0, 0.1) is 6.92 Å². The summed E-state index contributed by atoms with van der Waals surface area (Å²) in [4.78, 5) is 12.3. The molecule has 0 fully saturated rings. The van der Waals surface area contributed by atoms with Crippen molar-refractivity contribution in [1.29, 1.82) is 0 Å². The zero-order valence-electron chi connectivity index (χ0n) is 12.9. The minimum atomic E-state index is -4.35. The van der Waals surface area contributed by atoms with Crippen molar-refractivity contribution in [2.45, 2.75) is 11.8 Å². The molecule has 0 saturated carbocycles. The van der Waals surface area contributed by atoms with E-state index in [2.05, 4.69) is 5.32 Å². The molecular formula is C18H15NO4S. The summed E-state index contributed by atoms with van der Waals surface area (Å²) < 4.78 is 32.4. The summed E-state index contributed by atoms with van der Waals surface area (Å²) in [6, 6.07) is 16.6. The van der Waals surface area contributed by atoms with Gasteiger partial charge in [0.25, 0.3) is 16.0 Å². The highest BCUT2D eigenvalue weighted by atomic mass is 32.2. The van der Waals surface area contributed by atoms with E-state index in [1.165, 1.54) is 12.1 Å². The monoisotopic (exact) mass is 341 g/mol. The maximum atomic E-state index is 12.5. The molecule has 0 heterocycles. The molecule has 0 aliphatic carbocycles. The van der Waals surface area contributed by atoms with Crippen LogP contribution in [-0.2, 0) is 10.1 Å². The molecule has 0 saturated heterocycles. The first-order valence-electron chi connectivity index (χ1n) is 7.24. The van der Waals surface area contributed by atoms with Gasteiger partial charge in [-0.3, -0.25) is 9.35 Å². The molecule has 0 aromatic heterocycles. The van der Waals surface area contributed by atoms with Gasteiger partial charge in [0.2, 0.25) is 0 Å². The van der Waals surface area contributed by atoms with E-state index < -0.39 is 10.1 Å². The van der Waals surface area contributed by atoms with E-state index in [0.29, 0.717) is 22.0 Å². The second-order valence-corrected chi connectivity index (χ2v) is 6.79. The predicted octanol–water partition coefficient (Wildman–Crippen LogP) is 3.65. The van der Waals surface area contributed by atoms with Crippen LogP contribution in [0.3, 0.4) is 0 Å². The summed E-state index contributed by atoms with van der Waals surface area (Å²) in [5.74, 6) is -0.280. The van der Waals surface area contributed by atoms with Crippen LogP contribution in [0.15, 0.2) is 65.6 Å². The van der Waals surface area contributed by atoms with Crippen LogP contribution in [0.1, 0.15) is 15.9 Å². The van der Waals surface area contributed by atoms with Crippen molar-refractivity contribution in [3.8, 4) is 0 Å². The SMILES string of the molecule is Cc1ccccc1C(=O)Nc1ccc(S(=O)(=O)O)c2ccccc12. The fraction of sp³-hybridized carbons (Fsp3) is 0.0556. The van der Waals surface area contributed by atoms with Crippen molar-refractivity contribution in [3.05, 3.63) is 71.8 Å². The molecule has 0 atom stereocenters. The zero-order chi connectivity index (χ0) is 17.3.